The van der Waals surface area contributed by atoms with Gasteiger partial charge in [-0.3, -0.25) is 4.79 Å². The summed E-state index contributed by atoms with van der Waals surface area (Å²) in [5.41, 5.74) is 2.60. The minimum absolute atomic E-state index is 0.0910. The highest BCUT2D eigenvalue weighted by Crippen LogP contribution is 2.29. The van der Waals surface area contributed by atoms with E-state index in [0.717, 1.165) is 11.1 Å². The Morgan fingerprint density at radius 3 is 2.21 bits per heavy atom. The second-order valence-corrected chi connectivity index (χ2v) is 9.90. The van der Waals surface area contributed by atoms with Crippen molar-refractivity contribution in [3.63, 3.8) is 0 Å². The van der Waals surface area contributed by atoms with Crippen LogP contribution >= 0.6 is 46.4 Å². The van der Waals surface area contributed by atoms with Crippen LogP contribution in [-0.4, -0.2) is 5.91 Å². The molecular weight excluding hydrogens is 578 g/mol. The Balaban J connectivity index is 1.36. The first-order valence-electron chi connectivity index (χ1n) is 11.6. The molecule has 4 aromatic carbocycles. The van der Waals surface area contributed by atoms with Gasteiger partial charge in [-0.1, -0.05) is 76.7 Å². The second kappa shape index (κ2) is 13.4. The zero-order valence-electron chi connectivity index (χ0n) is 20.3. The minimum atomic E-state index is -0.559. The highest BCUT2D eigenvalue weighted by atomic mass is 35.5. The molecule has 0 bridgehead atoms. The fraction of sp³-hybridized carbons (Fsp3) is 0.0667. The lowest BCUT2D eigenvalue weighted by Gasteiger charge is -2.10. The van der Waals surface area contributed by atoms with E-state index in [1.54, 1.807) is 66.7 Å². The van der Waals surface area contributed by atoms with E-state index in [2.05, 4.69) is 5.32 Å². The van der Waals surface area contributed by atoms with E-state index in [1.165, 1.54) is 6.08 Å². The Bertz CT molecular complexity index is 1560. The number of benzene rings is 4. The number of carbonyl (C=O) groups excluding carboxylic acids is 1. The quantitative estimate of drug-likeness (QED) is 0.154. The van der Waals surface area contributed by atoms with Gasteiger partial charge in [0, 0.05) is 31.9 Å². The number of carbonyl (C=O) groups is 1. The fourth-order valence-corrected chi connectivity index (χ4v) is 4.34. The first-order chi connectivity index (χ1) is 18.8. The molecule has 0 atom stereocenters. The SMILES string of the molecule is N#C/C(=C\c1ccc(OCc2ccc(Cl)cc2Cl)c(Cl)c1)C(=O)Nc1ccc(OCc2ccccc2Cl)cc1. The third kappa shape index (κ3) is 7.92. The first kappa shape index (κ1) is 28.4. The van der Waals surface area contributed by atoms with Crippen molar-refractivity contribution < 1.29 is 14.3 Å². The number of ether oxygens (including phenoxy) is 2. The number of hydrogen-bond donors (Lipinski definition) is 1. The smallest absolute Gasteiger partial charge is 0.266 e. The molecule has 0 radical (unpaired) electrons. The van der Waals surface area contributed by atoms with E-state index in [-0.39, 0.29) is 12.2 Å². The lowest BCUT2D eigenvalue weighted by molar-refractivity contribution is -0.112. The summed E-state index contributed by atoms with van der Waals surface area (Å²) in [6.45, 7) is 0.508. The monoisotopic (exact) mass is 596 g/mol. The van der Waals surface area contributed by atoms with Crippen LogP contribution in [0.2, 0.25) is 20.1 Å². The predicted octanol–water partition coefficient (Wildman–Crippen LogP) is 9.00. The van der Waals surface area contributed by atoms with Crippen LogP contribution in [0, 0.1) is 11.3 Å². The van der Waals surface area contributed by atoms with Crippen LogP contribution in [0.3, 0.4) is 0 Å². The lowest BCUT2D eigenvalue weighted by atomic mass is 10.1. The van der Waals surface area contributed by atoms with Crippen LogP contribution in [0.1, 0.15) is 16.7 Å². The lowest BCUT2D eigenvalue weighted by Crippen LogP contribution is -2.13. The van der Waals surface area contributed by atoms with Crippen molar-refractivity contribution >= 4 is 64.1 Å². The molecule has 0 saturated carbocycles. The zero-order chi connectivity index (χ0) is 27.8. The largest absolute Gasteiger partial charge is 0.489 e. The highest BCUT2D eigenvalue weighted by Gasteiger charge is 2.12. The maximum Gasteiger partial charge on any atom is 0.266 e. The fourth-order valence-electron chi connectivity index (χ4n) is 3.44. The molecule has 0 unspecified atom stereocenters. The maximum absolute atomic E-state index is 12.7. The number of nitrogens with one attached hydrogen (secondary N) is 1. The molecule has 0 aliphatic rings. The summed E-state index contributed by atoms with van der Waals surface area (Å²) in [6.07, 6.45) is 1.45. The average Bonchev–Trinajstić information content (AvgIpc) is 2.92. The molecule has 1 amide bonds. The molecule has 5 nitrogen and oxygen atoms in total. The summed E-state index contributed by atoms with van der Waals surface area (Å²) in [5.74, 6) is 0.481. The Labute approximate surface area is 246 Å². The number of hydrogen-bond acceptors (Lipinski definition) is 4. The molecule has 0 aliphatic carbocycles. The molecule has 0 spiro atoms. The Hall–Kier alpha value is -3.66. The number of nitriles is 1. The summed E-state index contributed by atoms with van der Waals surface area (Å²) in [7, 11) is 0. The van der Waals surface area contributed by atoms with Crippen LogP contribution in [0.25, 0.3) is 6.08 Å². The molecular formula is C30H20Cl4N2O3. The summed E-state index contributed by atoms with van der Waals surface area (Å²) >= 11 is 24.6. The van der Waals surface area contributed by atoms with Gasteiger partial charge in [0.2, 0.25) is 0 Å². The molecule has 196 valence electrons. The van der Waals surface area contributed by atoms with Gasteiger partial charge in [-0.2, -0.15) is 5.26 Å². The van der Waals surface area contributed by atoms with Crippen molar-refractivity contribution in [2.24, 2.45) is 0 Å². The van der Waals surface area contributed by atoms with Crippen LogP contribution in [0.4, 0.5) is 5.69 Å². The van der Waals surface area contributed by atoms with Crippen LogP contribution in [-0.2, 0) is 18.0 Å². The molecule has 4 rings (SSSR count). The van der Waals surface area contributed by atoms with Crippen molar-refractivity contribution in [3.05, 3.63) is 127 Å². The molecule has 0 fully saturated rings. The van der Waals surface area contributed by atoms with Crippen molar-refractivity contribution in [1.82, 2.24) is 0 Å². The van der Waals surface area contributed by atoms with Crippen molar-refractivity contribution in [2.75, 3.05) is 5.32 Å². The Kier molecular flexibility index (Phi) is 9.75. The Morgan fingerprint density at radius 2 is 1.51 bits per heavy atom. The normalized spacial score (nSPS) is 11.0. The average molecular weight is 598 g/mol. The number of halogens is 4. The van der Waals surface area contributed by atoms with E-state index < -0.39 is 5.91 Å². The molecule has 0 aliphatic heterocycles. The van der Waals surface area contributed by atoms with E-state index in [0.29, 0.717) is 49.4 Å². The van der Waals surface area contributed by atoms with E-state index >= 15 is 0 Å². The van der Waals surface area contributed by atoms with Crippen LogP contribution < -0.4 is 14.8 Å². The van der Waals surface area contributed by atoms with Gasteiger partial charge in [0.25, 0.3) is 5.91 Å². The molecule has 1 N–H and O–H groups in total. The highest BCUT2D eigenvalue weighted by molar-refractivity contribution is 6.35. The van der Waals surface area contributed by atoms with Gasteiger partial charge in [-0.25, -0.2) is 0 Å². The summed E-state index contributed by atoms with van der Waals surface area (Å²) in [5, 5.41) is 14.2. The molecule has 9 heteroatoms. The van der Waals surface area contributed by atoms with Crippen molar-refractivity contribution in [2.45, 2.75) is 13.2 Å². The number of nitrogens with zero attached hydrogens (tertiary/aromatic N) is 1. The zero-order valence-corrected chi connectivity index (χ0v) is 23.3. The van der Waals surface area contributed by atoms with Gasteiger partial charge >= 0.3 is 0 Å². The van der Waals surface area contributed by atoms with Gasteiger partial charge in [0.1, 0.15) is 36.4 Å². The molecule has 0 heterocycles. The number of rotatable bonds is 9. The number of amides is 1. The van der Waals surface area contributed by atoms with Gasteiger partial charge < -0.3 is 14.8 Å². The molecule has 0 aromatic heterocycles. The van der Waals surface area contributed by atoms with Gasteiger partial charge in [0.05, 0.1) is 5.02 Å². The summed E-state index contributed by atoms with van der Waals surface area (Å²) in [6, 6.07) is 26.3. The standard InChI is InChI=1S/C30H20Cl4N2O3/c31-23-7-6-21(27(33)15-23)18-39-29-12-5-19(14-28(29)34)13-22(16-35)30(37)36-24-8-10-25(11-9-24)38-17-20-3-1-2-4-26(20)32/h1-15H,17-18H2,(H,36,37)/b22-13+. The molecule has 39 heavy (non-hydrogen) atoms. The maximum atomic E-state index is 12.7. The second-order valence-electron chi connectivity index (χ2n) is 8.24. The van der Waals surface area contributed by atoms with Crippen molar-refractivity contribution in [3.8, 4) is 17.6 Å². The molecule has 0 saturated heterocycles. The Morgan fingerprint density at radius 1 is 0.795 bits per heavy atom. The summed E-state index contributed by atoms with van der Waals surface area (Å²) in [4.78, 5) is 12.7. The minimum Gasteiger partial charge on any atom is -0.489 e. The van der Waals surface area contributed by atoms with E-state index in [1.807, 2.05) is 24.3 Å². The van der Waals surface area contributed by atoms with Crippen molar-refractivity contribution in [1.29, 1.82) is 5.26 Å². The summed E-state index contributed by atoms with van der Waals surface area (Å²) < 4.78 is 11.5. The van der Waals surface area contributed by atoms with E-state index in [9.17, 15) is 10.1 Å². The van der Waals surface area contributed by atoms with Gasteiger partial charge in [-0.15, -0.1) is 0 Å². The van der Waals surface area contributed by atoms with E-state index in [4.69, 9.17) is 55.9 Å². The number of anilines is 1. The van der Waals surface area contributed by atoms with Crippen LogP contribution in [0.15, 0.2) is 90.5 Å². The third-order valence-electron chi connectivity index (χ3n) is 5.49. The predicted molar refractivity (Wildman–Crippen MR) is 157 cm³/mol. The molecule has 4 aromatic rings. The van der Waals surface area contributed by atoms with Gasteiger partial charge in [0.15, 0.2) is 0 Å². The van der Waals surface area contributed by atoms with Crippen LogP contribution in [0.5, 0.6) is 11.5 Å². The third-order valence-corrected chi connectivity index (χ3v) is 6.75. The van der Waals surface area contributed by atoms with Gasteiger partial charge in [-0.05, 0) is 66.2 Å². The topological polar surface area (TPSA) is 71.3 Å². The first-order valence-corrected chi connectivity index (χ1v) is 13.1.